The highest BCUT2D eigenvalue weighted by molar-refractivity contribution is 9.10. The number of nitrogens with one attached hydrogen (secondary N) is 2. The lowest BCUT2D eigenvalue weighted by Crippen LogP contribution is -2.17. The molecule has 0 aliphatic heterocycles. The summed E-state index contributed by atoms with van der Waals surface area (Å²) in [5, 5.41) is 3.21. The Balaban J connectivity index is 2.28. The van der Waals surface area contributed by atoms with Gasteiger partial charge in [-0.25, -0.2) is 0 Å². The Morgan fingerprint density at radius 2 is 1.89 bits per heavy atom. The van der Waals surface area contributed by atoms with E-state index in [-0.39, 0.29) is 5.91 Å². The maximum atomic E-state index is 12.2. The molecule has 4 nitrogen and oxygen atoms in total. The van der Waals surface area contributed by atoms with Crippen molar-refractivity contribution in [1.29, 1.82) is 0 Å². The van der Waals surface area contributed by atoms with Crippen LogP contribution in [0, 0.1) is 0 Å². The molecule has 0 radical (unpaired) electrons. The molecule has 0 aliphatic carbocycles. The molecule has 0 heterocycles. The van der Waals surface area contributed by atoms with Gasteiger partial charge in [0.2, 0.25) is 0 Å². The van der Waals surface area contributed by atoms with E-state index in [2.05, 4.69) is 26.7 Å². The topological polar surface area (TPSA) is 67.1 Å². The maximum absolute atomic E-state index is 12.2. The van der Waals surface area contributed by atoms with E-state index in [1.54, 1.807) is 42.5 Å². The van der Waals surface area contributed by atoms with Crippen molar-refractivity contribution in [3.8, 4) is 0 Å². The predicted molar refractivity (Wildman–Crippen MR) is 81.4 cm³/mol. The number of nitrogens with two attached hydrogens (primary N) is 1. The van der Waals surface area contributed by atoms with Crippen LogP contribution in [0.15, 0.2) is 46.9 Å². The van der Waals surface area contributed by atoms with E-state index in [9.17, 15) is 4.79 Å². The van der Waals surface area contributed by atoms with Crippen molar-refractivity contribution in [2.45, 2.75) is 0 Å². The Hall–Kier alpha value is -1.56. The van der Waals surface area contributed by atoms with Crippen LogP contribution in [0.25, 0.3) is 0 Å². The van der Waals surface area contributed by atoms with Crippen LogP contribution in [-0.4, -0.2) is 5.91 Å². The Kier molecular flexibility index (Phi) is 4.42. The predicted octanol–water partition coefficient (Wildman–Crippen LogP) is 3.64. The van der Waals surface area contributed by atoms with Gasteiger partial charge in [-0.2, -0.15) is 0 Å². The lowest BCUT2D eigenvalue weighted by Gasteiger charge is -2.10. The molecular formula is C13H11BrClN3O. The zero-order valence-corrected chi connectivity index (χ0v) is 12.1. The monoisotopic (exact) mass is 339 g/mol. The summed E-state index contributed by atoms with van der Waals surface area (Å²) in [6.07, 6.45) is 0. The third kappa shape index (κ3) is 3.26. The molecule has 2 aromatic carbocycles. The first-order valence-corrected chi connectivity index (χ1v) is 6.61. The molecular weight excluding hydrogens is 330 g/mol. The highest BCUT2D eigenvalue weighted by Gasteiger charge is 2.12. The normalized spacial score (nSPS) is 10.1. The zero-order valence-electron chi connectivity index (χ0n) is 9.78. The summed E-state index contributed by atoms with van der Waals surface area (Å²) in [6, 6.07) is 12.2. The second-order valence-electron chi connectivity index (χ2n) is 3.77. The Morgan fingerprint density at radius 3 is 2.63 bits per heavy atom. The number of hydrazine groups is 1. The molecule has 0 bridgehead atoms. The zero-order chi connectivity index (χ0) is 13.8. The van der Waals surface area contributed by atoms with E-state index in [1.165, 1.54) is 0 Å². The fourth-order valence-corrected chi connectivity index (χ4v) is 2.12. The molecule has 0 spiro atoms. The Labute approximate surface area is 124 Å². The molecule has 1 amide bonds. The van der Waals surface area contributed by atoms with Crippen molar-refractivity contribution in [2.24, 2.45) is 5.84 Å². The first-order valence-electron chi connectivity index (χ1n) is 5.44. The van der Waals surface area contributed by atoms with E-state index in [0.717, 1.165) is 4.47 Å². The number of amides is 1. The SMILES string of the molecule is NNc1ccccc1C(=O)Nc1cc(Br)ccc1Cl. The number of carbonyl (C=O) groups is 1. The van der Waals surface area contributed by atoms with E-state index in [1.807, 2.05) is 0 Å². The van der Waals surface area contributed by atoms with Gasteiger partial charge in [0, 0.05) is 4.47 Å². The van der Waals surface area contributed by atoms with Crippen LogP contribution >= 0.6 is 27.5 Å². The van der Waals surface area contributed by atoms with Crippen LogP contribution in [0.5, 0.6) is 0 Å². The summed E-state index contributed by atoms with van der Waals surface area (Å²) in [6.45, 7) is 0. The largest absolute Gasteiger partial charge is 0.323 e. The molecule has 0 saturated carbocycles. The van der Waals surface area contributed by atoms with Crippen molar-refractivity contribution in [3.05, 3.63) is 57.5 Å². The second-order valence-corrected chi connectivity index (χ2v) is 5.09. The van der Waals surface area contributed by atoms with Gasteiger partial charge in [0.05, 0.1) is 22.0 Å². The number of para-hydroxylation sites is 1. The number of rotatable bonds is 3. The summed E-state index contributed by atoms with van der Waals surface area (Å²) < 4.78 is 0.831. The number of hydrogen-bond acceptors (Lipinski definition) is 3. The summed E-state index contributed by atoms with van der Waals surface area (Å²) in [5.41, 5.74) is 4.01. The summed E-state index contributed by atoms with van der Waals surface area (Å²) in [4.78, 5) is 12.2. The molecule has 0 unspecified atom stereocenters. The van der Waals surface area contributed by atoms with Gasteiger partial charge in [-0.3, -0.25) is 10.6 Å². The first-order chi connectivity index (χ1) is 9.11. The highest BCUT2D eigenvalue weighted by Crippen LogP contribution is 2.26. The summed E-state index contributed by atoms with van der Waals surface area (Å²) in [5.74, 6) is 5.09. The third-order valence-electron chi connectivity index (χ3n) is 2.50. The van der Waals surface area contributed by atoms with Gasteiger partial charge in [-0.05, 0) is 30.3 Å². The number of nitrogen functional groups attached to an aromatic ring is 1. The number of benzene rings is 2. The second kappa shape index (κ2) is 6.06. The molecule has 2 aromatic rings. The van der Waals surface area contributed by atoms with Gasteiger partial charge >= 0.3 is 0 Å². The lowest BCUT2D eigenvalue weighted by molar-refractivity contribution is 0.102. The van der Waals surface area contributed by atoms with E-state index < -0.39 is 0 Å². The number of hydrogen-bond donors (Lipinski definition) is 3. The fraction of sp³-hybridized carbons (Fsp3) is 0. The van der Waals surface area contributed by atoms with E-state index in [4.69, 9.17) is 17.4 Å². The van der Waals surface area contributed by atoms with Gasteiger partial charge in [0.15, 0.2) is 0 Å². The molecule has 0 atom stereocenters. The van der Waals surface area contributed by atoms with Crippen molar-refractivity contribution >= 4 is 44.8 Å². The lowest BCUT2D eigenvalue weighted by atomic mass is 10.1. The van der Waals surface area contributed by atoms with Crippen LogP contribution < -0.4 is 16.6 Å². The standard InChI is InChI=1S/C13H11BrClN3O/c14-8-5-6-10(15)12(7-8)17-13(19)9-3-1-2-4-11(9)18-16/h1-7,18H,16H2,(H,17,19). The molecule has 0 aliphatic rings. The quantitative estimate of drug-likeness (QED) is 0.590. The first kappa shape index (κ1) is 13.9. The Bertz CT molecular complexity index is 619. The van der Waals surface area contributed by atoms with Gasteiger partial charge in [-0.1, -0.05) is 39.7 Å². The smallest absolute Gasteiger partial charge is 0.257 e. The molecule has 0 aromatic heterocycles. The minimum atomic E-state index is -0.284. The van der Waals surface area contributed by atoms with Crippen LogP contribution in [0.4, 0.5) is 11.4 Å². The van der Waals surface area contributed by atoms with Gasteiger partial charge in [0.25, 0.3) is 5.91 Å². The number of anilines is 2. The summed E-state index contributed by atoms with van der Waals surface area (Å²) in [7, 11) is 0. The van der Waals surface area contributed by atoms with Crippen molar-refractivity contribution < 1.29 is 4.79 Å². The number of carbonyl (C=O) groups excluding carboxylic acids is 1. The van der Waals surface area contributed by atoms with Crippen molar-refractivity contribution in [3.63, 3.8) is 0 Å². The van der Waals surface area contributed by atoms with Crippen LogP contribution in [0.3, 0.4) is 0 Å². The van der Waals surface area contributed by atoms with E-state index in [0.29, 0.717) is 22.0 Å². The fourth-order valence-electron chi connectivity index (χ4n) is 1.59. The molecule has 6 heteroatoms. The minimum absolute atomic E-state index is 0.284. The average Bonchev–Trinajstić information content (AvgIpc) is 2.42. The molecule has 4 N–H and O–H groups in total. The van der Waals surface area contributed by atoms with Gasteiger partial charge < -0.3 is 10.7 Å². The van der Waals surface area contributed by atoms with Crippen molar-refractivity contribution in [2.75, 3.05) is 10.7 Å². The highest BCUT2D eigenvalue weighted by atomic mass is 79.9. The molecule has 98 valence electrons. The Morgan fingerprint density at radius 1 is 1.16 bits per heavy atom. The maximum Gasteiger partial charge on any atom is 0.257 e. The van der Waals surface area contributed by atoms with E-state index >= 15 is 0 Å². The van der Waals surface area contributed by atoms with Crippen LogP contribution in [-0.2, 0) is 0 Å². The average molecular weight is 341 g/mol. The molecule has 0 fully saturated rings. The van der Waals surface area contributed by atoms with Crippen molar-refractivity contribution in [1.82, 2.24) is 0 Å². The minimum Gasteiger partial charge on any atom is -0.323 e. The van der Waals surface area contributed by atoms with Crippen LogP contribution in [0.2, 0.25) is 5.02 Å². The molecule has 0 saturated heterocycles. The number of halogens is 2. The van der Waals surface area contributed by atoms with Gasteiger partial charge in [0.1, 0.15) is 0 Å². The van der Waals surface area contributed by atoms with Crippen LogP contribution in [0.1, 0.15) is 10.4 Å². The summed E-state index contributed by atoms with van der Waals surface area (Å²) >= 11 is 9.35. The van der Waals surface area contributed by atoms with Gasteiger partial charge in [-0.15, -0.1) is 0 Å². The third-order valence-corrected chi connectivity index (χ3v) is 3.33. The molecule has 19 heavy (non-hydrogen) atoms. The molecule has 2 rings (SSSR count).